The molecule has 27 heavy (non-hydrogen) atoms. The number of esters is 1. The number of nitrogens with zero attached hydrogens (tertiary/aromatic N) is 1. The third-order valence-corrected chi connectivity index (χ3v) is 6.51. The van der Waals surface area contributed by atoms with Crippen LogP contribution in [0.3, 0.4) is 0 Å². The summed E-state index contributed by atoms with van der Waals surface area (Å²) in [7, 11) is -2.32. The number of fused-ring (bicyclic) bond motifs is 1. The highest BCUT2D eigenvalue weighted by atomic mass is 32.2. The van der Waals surface area contributed by atoms with Gasteiger partial charge in [0.15, 0.2) is 0 Å². The number of aromatic nitrogens is 1. The van der Waals surface area contributed by atoms with Crippen LogP contribution in [0, 0.1) is 13.8 Å². The zero-order valence-corrected chi connectivity index (χ0v) is 16.4. The summed E-state index contributed by atoms with van der Waals surface area (Å²) >= 11 is 0. The van der Waals surface area contributed by atoms with E-state index in [0.29, 0.717) is 11.2 Å². The smallest absolute Gasteiger partial charge is 0.340 e. The molecule has 3 rings (SSSR count). The van der Waals surface area contributed by atoms with Gasteiger partial charge in [0.2, 0.25) is 9.84 Å². The van der Waals surface area contributed by atoms with E-state index in [0.717, 1.165) is 5.56 Å². The molecular weight excluding hydrogens is 366 g/mol. The van der Waals surface area contributed by atoms with Gasteiger partial charge in [0.05, 0.1) is 22.6 Å². The topological polar surface area (TPSA) is 85.6 Å². The monoisotopic (exact) mass is 387 g/mol. The van der Waals surface area contributed by atoms with Crippen LogP contribution in [0.4, 0.5) is 0 Å². The number of benzene rings is 2. The maximum atomic E-state index is 13.3. The zero-order valence-electron chi connectivity index (χ0n) is 15.6. The van der Waals surface area contributed by atoms with Crippen molar-refractivity contribution in [3.63, 3.8) is 0 Å². The molecule has 142 valence electrons. The van der Waals surface area contributed by atoms with Gasteiger partial charge in [-0.1, -0.05) is 17.7 Å². The van der Waals surface area contributed by atoms with Crippen molar-refractivity contribution in [2.24, 2.45) is 7.05 Å². The number of hydrogen-bond donors (Lipinski definition) is 1. The molecule has 0 atom stereocenters. The maximum Gasteiger partial charge on any atom is 0.340 e. The van der Waals surface area contributed by atoms with Crippen LogP contribution in [-0.4, -0.2) is 30.7 Å². The fourth-order valence-electron chi connectivity index (χ4n) is 3.17. The Morgan fingerprint density at radius 2 is 1.74 bits per heavy atom. The minimum atomic E-state index is -4.06. The van der Waals surface area contributed by atoms with Crippen LogP contribution < -0.4 is 0 Å². The average Bonchev–Trinajstić information content (AvgIpc) is 2.86. The maximum absolute atomic E-state index is 13.3. The second kappa shape index (κ2) is 6.74. The molecule has 0 saturated carbocycles. The lowest BCUT2D eigenvalue weighted by Crippen LogP contribution is -2.09. The van der Waals surface area contributed by atoms with Crippen LogP contribution >= 0.6 is 0 Å². The first-order valence-electron chi connectivity index (χ1n) is 8.50. The predicted molar refractivity (Wildman–Crippen MR) is 102 cm³/mol. The number of aryl methyl sites for hydroxylation is 2. The van der Waals surface area contributed by atoms with Gasteiger partial charge >= 0.3 is 5.97 Å². The van der Waals surface area contributed by atoms with Crippen molar-refractivity contribution >= 4 is 26.7 Å². The molecule has 2 aromatic carbocycles. The lowest BCUT2D eigenvalue weighted by molar-refractivity contribution is 0.0527. The lowest BCUT2D eigenvalue weighted by Gasteiger charge is -2.11. The summed E-state index contributed by atoms with van der Waals surface area (Å²) in [4.78, 5) is 12.3. The van der Waals surface area contributed by atoms with Crippen molar-refractivity contribution in [1.29, 1.82) is 0 Å². The van der Waals surface area contributed by atoms with Gasteiger partial charge in [-0.05, 0) is 45.0 Å². The predicted octanol–water partition coefficient (Wildman–Crippen LogP) is 3.51. The van der Waals surface area contributed by atoms with Crippen molar-refractivity contribution in [3.8, 4) is 5.75 Å². The summed E-state index contributed by atoms with van der Waals surface area (Å²) in [6.07, 6.45) is 0. The fourth-order valence-corrected chi connectivity index (χ4v) is 4.72. The largest absolute Gasteiger partial charge is 0.507 e. The number of carbonyl (C=O) groups excluding carboxylic acids is 1. The zero-order chi connectivity index (χ0) is 19.9. The number of phenolic OH excluding ortho intramolecular Hbond substituents is 1. The molecule has 0 radical (unpaired) electrons. The molecule has 0 saturated heterocycles. The second-order valence-electron chi connectivity index (χ2n) is 6.36. The standard InChI is InChI=1S/C20H21NO5S/c1-5-26-20(23)17-13(3)21(4)15-10-11-16(22)19(18(15)17)27(24,25)14-8-6-12(2)7-9-14/h6-11,22H,5H2,1-4H3. The van der Waals surface area contributed by atoms with Gasteiger partial charge in [-0.25, -0.2) is 13.2 Å². The summed E-state index contributed by atoms with van der Waals surface area (Å²) in [6.45, 7) is 5.41. The van der Waals surface area contributed by atoms with E-state index in [1.54, 1.807) is 43.7 Å². The Morgan fingerprint density at radius 1 is 1.11 bits per heavy atom. The number of carbonyl (C=O) groups is 1. The normalized spacial score (nSPS) is 11.7. The number of sulfone groups is 1. The van der Waals surface area contributed by atoms with Gasteiger partial charge in [0.25, 0.3) is 0 Å². The van der Waals surface area contributed by atoms with E-state index in [1.165, 1.54) is 18.2 Å². The molecule has 0 amide bonds. The summed E-state index contributed by atoms with van der Waals surface area (Å²) < 4.78 is 33.5. The Morgan fingerprint density at radius 3 is 2.33 bits per heavy atom. The summed E-state index contributed by atoms with van der Waals surface area (Å²) in [5.74, 6) is -1.02. The molecular formula is C20H21NO5S. The minimum absolute atomic E-state index is 0.0483. The number of rotatable bonds is 4. The highest BCUT2D eigenvalue weighted by Crippen LogP contribution is 2.39. The molecule has 3 aromatic rings. The Kier molecular flexibility index (Phi) is 4.73. The van der Waals surface area contributed by atoms with E-state index in [2.05, 4.69) is 0 Å². The SMILES string of the molecule is CCOC(=O)c1c(C)n(C)c2ccc(O)c(S(=O)(=O)c3ccc(C)cc3)c12. The van der Waals surface area contributed by atoms with Crippen molar-refractivity contribution in [2.75, 3.05) is 6.61 Å². The lowest BCUT2D eigenvalue weighted by atomic mass is 10.1. The van der Waals surface area contributed by atoms with Gasteiger partial charge in [-0.15, -0.1) is 0 Å². The third-order valence-electron chi connectivity index (χ3n) is 4.67. The molecule has 1 aromatic heterocycles. The van der Waals surface area contributed by atoms with Gasteiger partial charge < -0.3 is 14.4 Å². The minimum Gasteiger partial charge on any atom is -0.507 e. The highest BCUT2D eigenvalue weighted by Gasteiger charge is 2.31. The highest BCUT2D eigenvalue weighted by molar-refractivity contribution is 7.91. The van der Waals surface area contributed by atoms with Crippen LogP contribution in [-0.2, 0) is 21.6 Å². The molecule has 6 nitrogen and oxygen atoms in total. The Balaban J connectivity index is 2.42. The fraction of sp³-hybridized carbons (Fsp3) is 0.250. The first-order valence-corrected chi connectivity index (χ1v) is 9.98. The molecule has 0 fully saturated rings. The summed E-state index contributed by atoms with van der Waals surface area (Å²) in [5, 5.41) is 10.6. The van der Waals surface area contributed by atoms with E-state index in [4.69, 9.17) is 4.74 Å². The average molecular weight is 387 g/mol. The molecule has 7 heteroatoms. The molecule has 0 spiro atoms. The van der Waals surface area contributed by atoms with Crippen LogP contribution in [0.2, 0.25) is 0 Å². The Bertz CT molecular complexity index is 1140. The van der Waals surface area contributed by atoms with Crippen molar-refractivity contribution < 1.29 is 23.1 Å². The van der Waals surface area contributed by atoms with E-state index in [1.807, 2.05) is 6.92 Å². The van der Waals surface area contributed by atoms with Gasteiger partial charge in [0, 0.05) is 18.1 Å². The molecule has 1 heterocycles. The summed E-state index contributed by atoms with van der Waals surface area (Å²) in [6, 6.07) is 9.27. The van der Waals surface area contributed by atoms with Gasteiger partial charge in [0.1, 0.15) is 10.6 Å². The Labute approximate surface area is 157 Å². The molecule has 0 aliphatic carbocycles. The van der Waals surface area contributed by atoms with Crippen LogP contribution in [0.25, 0.3) is 10.9 Å². The van der Waals surface area contributed by atoms with Crippen molar-refractivity contribution in [3.05, 3.63) is 53.2 Å². The summed E-state index contributed by atoms with van der Waals surface area (Å²) in [5.41, 5.74) is 2.16. The van der Waals surface area contributed by atoms with Crippen molar-refractivity contribution in [1.82, 2.24) is 4.57 Å². The van der Waals surface area contributed by atoms with Crippen LogP contribution in [0.1, 0.15) is 28.5 Å². The van der Waals surface area contributed by atoms with E-state index >= 15 is 0 Å². The number of aromatic hydroxyl groups is 1. The van der Waals surface area contributed by atoms with Gasteiger partial charge in [-0.3, -0.25) is 0 Å². The number of hydrogen-bond acceptors (Lipinski definition) is 5. The van der Waals surface area contributed by atoms with Crippen molar-refractivity contribution in [2.45, 2.75) is 30.6 Å². The Hall–Kier alpha value is -2.80. The molecule has 0 aliphatic heterocycles. The van der Waals surface area contributed by atoms with E-state index < -0.39 is 21.6 Å². The van der Waals surface area contributed by atoms with Gasteiger partial charge in [-0.2, -0.15) is 0 Å². The number of phenols is 1. The molecule has 1 N–H and O–H groups in total. The first kappa shape index (κ1) is 19.0. The molecule has 0 bridgehead atoms. The molecule has 0 aliphatic rings. The number of ether oxygens (including phenoxy) is 1. The third kappa shape index (κ3) is 2.98. The van der Waals surface area contributed by atoms with Crippen LogP contribution in [0.5, 0.6) is 5.75 Å². The quantitative estimate of drug-likeness (QED) is 0.693. The van der Waals surface area contributed by atoms with E-state index in [-0.39, 0.29) is 27.3 Å². The first-order chi connectivity index (χ1) is 12.7. The van der Waals surface area contributed by atoms with Crippen LogP contribution in [0.15, 0.2) is 46.2 Å². The molecule has 0 unspecified atom stereocenters. The second-order valence-corrected chi connectivity index (χ2v) is 8.25. The van der Waals surface area contributed by atoms with E-state index in [9.17, 15) is 18.3 Å².